The number of hydrogen-bond acceptors (Lipinski definition) is 5. The topological polar surface area (TPSA) is 49.3 Å². The van der Waals surface area contributed by atoms with Crippen molar-refractivity contribution in [2.45, 2.75) is 19.0 Å². The Morgan fingerprint density at radius 3 is 3.00 bits per heavy atom. The van der Waals surface area contributed by atoms with Crippen LogP contribution < -0.4 is 0 Å². The van der Waals surface area contributed by atoms with Crippen molar-refractivity contribution < 1.29 is 4.79 Å². The normalized spacial score (nSPS) is 18.4. The molecular formula is C15H18N4OS. The van der Waals surface area contributed by atoms with Crippen LogP contribution in [-0.4, -0.2) is 51.9 Å². The minimum Gasteiger partial charge on any atom is -0.337 e. The van der Waals surface area contributed by atoms with E-state index >= 15 is 0 Å². The molecule has 0 bridgehead atoms. The van der Waals surface area contributed by atoms with Gasteiger partial charge in [-0.05, 0) is 31.0 Å². The highest BCUT2D eigenvalue weighted by atomic mass is 32.1. The van der Waals surface area contributed by atoms with Crippen molar-refractivity contribution in [3.05, 3.63) is 46.7 Å². The first-order valence-corrected chi connectivity index (χ1v) is 7.96. The highest BCUT2D eigenvalue weighted by Crippen LogP contribution is 2.19. The van der Waals surface area contributed by atoms with Crippen LogP contribution in [0.15, 0.2) is 35.3 Å². The second-order valence-corrected chi connectivity index (χ2v) is 6.07. The molecule has 2 aromatic heterocycles. The maximum atomic E-state index is 12.3. The predicted octanol–water partition coefficient (Wildman–Crippen LogP) is 1.88. The van der Waals surface area contributed by atoms with E-state index in [1.807, 2.05) is 27.8 Å². The third-order valence-corrected chi connectivity index (χ3v) is 4.54. The van der Waals surface area contributed by atoms with Crippen LogP contribution in [0.5, 0.6) is 0 Å². The molecular weight excluding hydrogens is 284 g/mol. The van der Waals surface area contributed by atoms with Crippen LogP contribution in [0.3, 0.4) is 0 Å². The quantitative estimate of drug-likeness (QED) is 0.865. The van der Waals surface area contributed by atoms with Crippen molar-refractivity contribution in [3.63, 3.8) is 0 Å². The molecule has 6 heteroatoms. The van der Waals surface area contributed by atoms with Gasteiger partial charge in [-0.15, -0.1) is 0 Å². The zero-order valence-electron chi connectivity index (χ0n) is 12.0. The summed E-state index contributed by atoms with van der Waals surface area (Å²) in [4.78, 5) is 25.0. The molecule has 0 spiro atoms. The lowest BCUT2D eigenvalue weighted by Gasteiger charge is -2.23. The first-order valence-electron chi connectivity index (χ1n) is 7.01. The van der Waals surface area contributed by atoms with Gasteiger partial charge in [0.1, 0.15) is 5.82 Å². The molecule has 5 nitrogen and oxygen atoms in total. The van der Waals surface area contributed by atoms with Crippen molar-refractivity contribution in [2.75, 3.05) is 20.1 Å². The highest BCUT2D eigenvalue weighted by Gasteiger charge is 2.29. The molecule has 3 heterocycles. The van der Waals surface area contributed by atoms with Crippen molar-refractivity contribution in [3.8, 4) is 0 Å². The Kier molecular flexibility index (Phi) is 4.26. The number of amides is 1. The second kappa shape index (κ2) is 6.32. The van der Waals surface area contributed by atoms with Crippen LogP contribution in [-0.2, 0) is 6.54 Å². The Hall–Kier alpha value is -1.79. The van der Waals surface area contributed by atoms with Gasteiger partial charge >= 0.3 is 0 Å². The minimum absolute atomic E-state index is 0.142. The summed E-state index contributed by atoms with van der Waals surface area (Å²) in [6, 6.07) is 4.08. The van der Waals surface area contributed by atoms with Gasteiger partial charge in [-0.2, -0.15) is 11.3 Å². The zero-order chi connectivity index (χ0) is 14.7. The van der Waals surface area contributed by atoms with E-state index in [-0.39, 0.29) is 5.91 Å². The summed E-state index contributed by atoms with van der Waals surface area (Å²) in [5.74, 6) is 0.964. The average molecular weight is 302 g/mol. The Labute approximate surface area is 128 Å². The van der Waals surface area contributed by atoms with Gasteiger partial charge in [-0.3, -0.25) is 9.69 Å². The SMILES string of the molecule is CN(Cc1ncccn1)[C@H]1CCN(C(=O)c2ccsc2)C1. The first-order chi connectivity index (χ1) is 10.2. The van der Waals surface area contributed by atoms with Crippen LogP contribution in [0.4, 0.5) is 0 Å². The standard InChI is InChI=1S/C15H18N4OS/c1-18(10-14-16-5-2-6-17-14)13-3-7-19(9-13)15(20)12-4-8-21-11-12/h2,4-6,8,11,13H,3,7,9-10H2,1H3/t13-/m0/s1. The molecule has 1 aliphatic rings. The monoisotopic (exact) mass is 302 g/mol. The lowest BCUT2D eigenvalue weighted by atomic mass is 10.2. The molecule has 0 unspecified atom stereocenters. The molecule has 2 aromatic rings. The molecule has 21 heavy (non-hydrogen) atoms. The van der Waals surface area contributed by atoms with Crippen LogP contribution in [0.1, 0.15) is 22.6 Å². The molecule has 0 aliphatic carbocycles. The van der Waals surface area contributed by atoms with Gasteiger partial charge in [0.15, 0.2) is 0 Å². The fraction of sp³-hybridized carbons (Fsp3) is 0.400. The molecule has 1 saturated heterocycles. The summed E-state index contributed by atoms with van der Waals surface area (Å²) in [7, 11) is 2.07. The van der Waals surface area contributed by atoms with Gasteiger partial charge in [0.25, 0.3) is 5.91 Å². The van der Waals surface area contributed by atoms with Crippen LogP contribution in [0.2, 0.25) is 0 Å². The summed E-state index contributed by atoms with van der Waals surface area (Å²) >= 11 is 1.56. The number of carbonyl (C=O) groups excluding carboxylic acids is 1. The number of thiophene rings is 1. The lowest BCUT2D eigenvalue weighted by Crippen LogP contribution is -2.36. The first kappa shape index (κ1) is 14.2. The van der Waals surface area contributed by atoms with Crippen LogP contribution >= 0.6 is 11.3 Å². The van der Waals surface area contributed by atoms with E-state index in [0.29, 0.717) is 12.6 Å². The van der Waals surface area contributed by atoms with E-state index in [2.05, 4.69) is 21.9 Å². The van der Waals surface area contributed by atoms with E-state index in [1.54, 1.807) is 23.7 Å². The van der Waals surface area contributed by atoms with Crippen LogP contribution in [0.25, 0.3) is 0 Å². The summed E-state index contributed by atoms with van der Waals surface area (Å²) in [5, 5.41) is 3.86. The fourth-order valence-corrected chi connectivity index (χ4v) is 3.25. The summed E-state index contributed by atoms with van der Waals surface area (Å²) in [6.07, 6.45) is 4.52. The molecule has 1 aliphatic heterocycles. The van der Waals surface area contributed by atoms with Gasteiger partial charge in [0, 0.05) is 36.9 Å². The predicted molar refractivity (Wildman–Crippen MR) is 82.1 cm³/mol. The smallest absolute Gasteiger partial charge is 0.254 e. The summed E-state index contributed by atoms with van der Waals surface area (Å²) in [5.41, 5.74) is 0.801. The van der Waals surface area contributed by atoms with E-state index in [4.69, 9.17) is 0 Å². The molecule has 0 radical (unpaired) electrons. The lowest BCUT2D eigenvalue weighted by molar-refractivity contribution is 0.0780. The molecule has 110 valence electrons. The van der Waals surface area contributed by atoms with Crippen molar-refractivity contribution in [1.82, 2.24) is 19.8 Å². The van der Waals surface area contributed by atoms with Gasteiger partial charge in [-0.25, -0.2) is 9.97 Å². The Balaban J connectivity index is 1.58. The number of nitrogens with zero attached hydrogens (tertiary/aromatic N) is 4. The van der Waals surface area contributed by atoms with Crippen molar-refractivity contribution in [2.24, 2.45) is 0 Å². The molecule has 1 atom stereocenters. The summed E-state index contributed by atoms with van der Waals surface area (Å²) < 4.78 is 0. The van der Waals surface area contributed by atoms with Gasteiger partial charge in [0.05, 0.1) is 12.1 Å². The molecule has 0 N–H and O–H groups in total. The third kappa shape index (κ3) is 3.28. The Morgan fingerprint density at radius 2 is 2.29 bits per heavy atom. The number of likely N-dealkylation sites (N-methyl/N-ethyl adjacent to an activating group) is 1. The molecule has 1 fully saturated rings. The van der Waals surface area contributed by atoms with Gasteiger partial charge in [-0.1, -0.05) is 0 Å². The minimum atomic E-state index is 0.142. The molecule has 1 amide bonds. The molecule has 3 rings (SSSR count). The van der Waals surface area contributed by atoms with Gasteiger partial charge < -0.3 is 4.90 Å². The number of rotatable bonds is 4. The number of aromatic nitrogens is 2. The van der Waals surface area contributed by atoms with Crippen LogP contribution in [0, 0.1) is 0 Å². The van der Waals surface area contributed by atoms with E-state index in [0.717, 1.165) is 30.9 Å². The Morgan fingerprint density at radius 1 is 1.48 bits per heavy atom. The maximum Gasteiger partial charge on any atom is 0.254 e. The average Bonchev–Trinajstić information content (AvgIpc) is 3.19. The second-order valence-electron chi connectivity index (χ2n) is 5.29. The van der Waals surface area contributed by atoms with Crippen molar-refractivity contribution >= 4 is 17.2 Å². The van der Waals surface area contributed by atoms with E-state index in [9.17, 15) is 4.79 Å². The van der Waals surface area contributed by atoms with Crippen molar-refractivity contribution in [1.29, 1.82) is 0 Å². The van der Waals surface area contributed by atoms with E-state index < -0.39 is 0 Å². The van der Waals surface area contributed by atoms with E-state index in [1.165, 1.54) is 0 Å². The maximum absolute atomic E-state index is 12.3. The largest absolute Gasteiger partial charge is 0.337 e. The third-order valence-electron chi connectivity index (χ3n) is 3.85. The Bertz CT molecular complexity index is 587. The fourth-order valence-electron chi connectivity index (χ4n) is 2.62. The van der Waals surface area contributed by atoms with Gasteiger partial charge in [0.2, 0.25) is 0 Å². The number of likely N-dealkylation sites (tertiary alicyclic amines) is 1. The zero-order valence-corrected chi connectivity index (χ0v) is 12.8. The number of hydrogen-bond donors (Lipinski definition) is 0. The molecule has 0 aromatic carbocycles. The summed E-state index contributed by atoms with van der Waals surface area (Å²) in [6.45, 7) is 2.31. The number of carbonyl (C=O) groups is 1. The highest BCUT2D eigenvalue weighted by molar-refractivity contribution is 7.08. The molecule has 0 saturated carbocycles.